The highest BCUT2D eigenvalue weighted by molar-refractivity contribution is 5.73. The molecule has 0 saturated heterocycles. The number of carbonyl (C=O) groups is 1. The number of hydrogen-bond donors (Lipinski definition) is 0. The van der Waals surface area contributed by atoms with Gasteiger partial charge in [-0.3, -0.25) is 19.7 Å². The number of aromatic nitrogens is 4. The number of aldehydes is 1. The van der Waals surface area contributed by atoms with E-state index in [0.29, 0.717) is 18.0 Å². The van der Waals surface area contributed by atoms with Gasteiger partial charge >= 0.3 is 0 Å². The van der Waals surface area contributed by atoms with Crippen LogP contribution in [0.15, 0.2) is 0 Å². The molecule has 0 saturated carbocycles. The fraction of sp³-hybridized carbons (Fsp3) is 0.471. The molecule has 0 aliphatic heterocycles. The van der Waals surface area contributed by atoms with Crippen LogP contribution in [0.5, 0.6) is 0 Å². The van der Waals surface area contributed by atoms with Crippen molar-refractivity contribution in [3.8, 4) is 0 Å². The highest BCUT2D eigenvalue weighted by Gasteiger charge is 2.04. The first kappa shape index (κ1) is 18.8. The second-order valence-corrected chi connectivity index (χ2v) is 5.34. The summed E-state index contributed by atoms with van der Waals surface area (Å²) in [6.07, 6.45) is 0.731. The molecule has 0 unspecified atom stereocenters. The molecule has 124 valence electrons. The maximum Gasteiger partial charge on any atom is 0.170 e. The van der Waals surface area contributed by atoms with Crippen molar-refractivity contribution in [3.63, 3.8) is 0 Å². The number of nitrogens with zero attached hydrogens (tertiary/aromatic N) is 4. The van der Waals surface area contributed by atoms with Crippen molar-refractivity contribution in [2.75, 3.05) is 7.11 Å². The third-order valence-electron chi connectivity index (χ3n) is 3.49. The van der Waals surface area contributed by atoms with Crippen molar-refractivity contribution < 1.29 is 9.53 Å². The molecule has 0 aliphatic carbocycles. The molecule has 0 fully saturated rings. The van der Waals surface area contributed by atoms with Crippen LogP contribution < -0.4 is 0 Å². The topological polar surface area (TPSA) is 77.9 Å². The molecule has 0 atom stereocenters. The smallest absolute Gasteiger partial charge is 0.170 e. The van der Waals surface area contributed by atoms with E-state index < -0.39 is 0 Å². The zero-order chi connectivity index (χ0) is 17.6. The van der Waals surface area contributed by atoms with Crippen LogP contribution in [0.25, 0.3) is 0 Å². The molecular weight excluding hydrogens is 292 g/mol. The highest BCUT2D eigenvalue weighted by Crippen LogP contribution is 2.07. The lowest BCUT2D eigenvalue weighted by Gasteiger charge is -2.06. The number of rotatable bonds is 3. The summed E-state index contributed by atoms with van der Waals surface area (Å²) >= 11 is 0. The SMILES string of the molecule is COCc1nc(C)c(C)nc1C.Cc1nc(C)c(C=O)nc1C. The predicted molar refractivity (Wildman–Crippen MR) is 88.6 cm³/mol. The summed E-state index contributed by atoms with van der Waals surface area (Å²) in [7, 11) is 1.66. The largest absolute Gasteiger partial charge is 0.378 e. The number of aryl methyl sites for hydroxylation is 6. The molecule has 2 aromatic heterocycles. The Kier molecular flexibility index (Phi) is 6.90. The molecule has 23 heavy (non-hydrogen) atoms. The van der Waals surface area contributed by atoms with E-state index >= 15 is 0 Å². The van der Waals surface area contributed by atoms with Crippen LogP contribution in [0.4, 0.5) is 0 Å². The predicted octanol–water partition coefficient (Wildman–Crippen LogP) is 2.76. The van der Waals surface area contributed by atoms with Gasteiger partial charge < -0.3 is 4.74 Å². The van der Waals surface area contributed by atoms with Gasteiger partial charge in [0.2, 0.25) is 0 Å². The number of ether oxygens (including phenoxy) is 1. The minimum atomic E-state index is 0.438. The van der Waals surface area contributed by atoms with Gasteiger partial charge in [-0.05, 0) is 41.5 Å². The summed E-state index contributed by atoms with van der Waals surface area (Å²) in [6, 6.07) is 0. The van der Waals surface area contributed by atoms with Crippen LogP contribution in [0.1, 0.15) is 50.3 Å². The summed E-state index contributed by atoms with van der Waals surface area (Å²) in [4.78, 5) is 27.3. The van der Waals surface area contributed by atoms with Gasteiger partial charge in [0.05, 0.1) is 46.5 Å². The molecule has 0 aliphatic rings. The van der Waals surface area contributed by atoms with Crippen LogP contribution in [0.3, 0.4) is 0 Å². The van der Waals surface area contributed by atoms with Crippen molar-refractivity contribution >= 4 is 6.29 Å². The van der Waals surface area contributed by atoms with Gasteiger partial charge in [-0.1, -0.05) is 0 Å². The maximum atomic E-state index is 10.4. The third-order valence-corrected chi connectivity index (χ3v) is 3.49. The Balaban J connectivity index is 0.000000231. The van der Waals surface area contributed by atoms with Crippen molar-refractivity contribution in [3.05, 3.63) is 45.6 Å². The molecule has 0 N–H and O–H groups in total. The molecule has 2 aromatic rings. The first-order valence-corrected chi connectivity index (χ1v) is 7.36. The van der Waals surface area contributed by atoms with Crippen molar-refractivity contribution in [1.29, 1.82) is 0 Å². The van der Waals surface area contributed by atoms with Gasteiger partial charge in [-0.2, -0.15) is 0 Å². The van der Waals surface area contributed by atoms with Crippen LogP contribution in [-0.2, 0) is 11.3 Å². The van der Waals surface area contributed by atoms with E-state index in [1.807, 2.05) is 34.6 Å². The first-order chi connectivity index (χ1) is 10.8. The van der Waals surface area contributed by atoms with E-state index in [1.54, 1.807) is 14.0 Å². The lowest BCUT2D eigenvalue weighted by molar-refractivity contribution is 0.111. The fourth-order valence-electron chi connectivity index (χ4n) is 1.88. The molecule has 0 amide bonds. The lowest BCUT2D eigenvalue weighted by atomic mass is 10.3. The zero-order valence-electron chi connectivity index (χ0n) is 14.9. The van der Waals surface area contributed by atoms with E-state index in [0.717, 1.165) is 40.4 Å². The fourth-order valence-corrected chi connectivity index (χ4v) is 1.88. The molecule has 2 rings (SSSR count). The van der Waals surface area contributed by atoms with Crippen LogP contribution in [-0.4, -0.2) is 33.3 Å². The van der Waals surface area contributed by atoms with Crippen molar-refractivity contribution in [1.82, 2.24) is 19.9 Å². The lowest BCUT2D eigenvalue weighted by Crippen LogP contribution is -2.03. The van der Waals surface area contributed by atoms with Gasteiger partial charge in [0, 0.05) is 7.11 Å². The minimum Gasteiger partial charge on any atom is -0.378 e. The van der Waals surface area contributed by atoms with E-state index in [1.165, 1.54) is 0 Å². The van der Waals surface area contributed by atoms with Crippen molar-refractivity contribution in [2.45, 2.75) is 48.1 Å². The Morgan fingerprint density at radius 1 is 0.739 bits per heavy atom. The van der Waals surface area contributed by atoms with Crippen LogP contribution in [0, 0.1) is 41.5 Å². The van der Waals surface area contributed by atoms with Gasteiger partial charge in [0.1, 0.15) is 5.69 Å². The van der Waals surface area contributed by atoms with Gasteiger partial charge in [-0.15, -0.1) is 0 Å². The third kappa shape index (κ3) is 5.17. The summed E-state index contributed by atoms with van der Waals surface area (Å²) in [5.41, 5.74) is 6.70. The van der Waals surface area contributed by atoms with E-state index in [4.69, 9.17) is 4.74 Å². The Labute approximate surface area is 137 Å². The van der Waals surface area contributed by atoms with E-state index in [2.05, 4.69) is 19.9 Å². The summed E-state index contributed by atoms with van der Waals surface area (Å²) in [6.45, 7) is 11.9. The second kappa shape index (κ2) is 8.43. The molecule has 2 heterocycles. The standard InChI is InChI=1S/C9H14N2O.C8H10N2O/c1-6-7(2)11-9(5-12-4)8(3)10-6;1-5-6(2)10-8(4-11)7(3)9-5/h5H2,1-4H3;4H,1-3H3. The Bertz CT molecular complexity index is 699. The number of methoxy groups -OCH3 is 1. The molecule has 6 nitrogen and oxygen atoms in total. The monoisotopic (exact) mass is 316 g/mol. The Morgan fingerprint density at radius 2 is 1.22 bits per heavy atom. The van der Waals surface area contributed by atoms with E-state index in [-0.39, 0.29) is 0 Å². The van der Waals surface area contributed by atoms with Crippen LogP contribution in [0.2, 0.25) is 0 Å². The summed E-state index contributed by atoms with van der Waals surface area (Å²) in [5.74, 6) is 0. The Morgan fingerprint density at radius 3 is 1.74 bits per heavy atom. The first-order valence-electron chi connectivity index (χ1n) is 7.36. The average Bonchev–Trinajstić information content (AvgIpc) is 2.49. The normalized spacial score (nSPS) is 10.0. The molecule has 6 heteroatoms. The van der Waals surface area contributed by atoms with Gasteiger partial charge in [0.15, 0.2) is 6.29 Å². The minimum absolute atomic E-state index is 0.438. The second-order valence-electron chi connectivity index (χ2n) is 5.34. The molecule has 0 radical (unpaired) electrons. The Hall–Kier alpha value is -2.21. The zero-order valence-corrected chi connectivity index (χ0v) is 14.9. The summed E-state index contributed by atoms with van der Waals surface area (Å²) in [5, 5.41) is 0. The average molecular weight is 316 g/mol. The molecule has 0 aromatic carbocycles. The van der Waals surface area contributed by atoms with Gasteiger partial charge in [-0.25, -0.2) is 4.98 Å². The maximum absolute atomic E-state index is 10.4. The summed E-state index contributed by atoms with van der Waals surface area (Å²) < 4.78 is 5.00. The molecule has 0 spiro atoms. The number of hydrogen-bond acceptors (Lipinski definition) is 6. The highest BCUT2D eigenvalue weighted by atomic mass is 16.5. The van der Waals surface area contributed by atoms with Crippen LogP contribution >= 0.6 is 0 Å². The molecular formula is C17H24N4O2. The quantitative estimate of drug-likeness (QED) is 0.810. The molecule has 0 bridgehead atoms. The van der Waals surface area contributed by atoms with Gasteiger partial charge in [0.25, 0.3) is 0 Å². The van der Waals surface area contributed by atoms with E-state index in [9.17, 15) is 4.79 Å². The number of carbonyl (C=O) groups excluding carboxylic acids is 1. The van der Waals surface area contributed by atoms with Crippen molar-refractivity contribution in [2.24, 2.45) is 0 Å².